The lowest BCUT2D eigenvalue weighted by molar-refractivity contribution is -0.147. The lowest BCUT2D eigenvalue weighted by atomic mass is 10.1. The molecule has 1 unspecified atom stereocenters. The number of hydrogen-bond acceptors (Lipinski definition) is 6. The first kappa shape index (κ1) is 27.0. The van der Waals surface area contributed by atoms with Gasteiger partial charge in [0.05, 0.1) is 25.2 Å². The number of hydrogen-bond donors (Lipinski definition) is 2. The van der Waals surface area contributed by atoms with Crippen molar-refractivity contribution in [2.45, 2.75) is 46.6 Å². The molecule has 2 rings (SSSR count). The van der Waals surface area contributed by atoms with Gasteiger partial charge in [0.25, 0.3) is 5.91 Å². The Balaban J connectivity index is 2.08. The fourth-order valence-electron chi connectivity index (χ4n) is 3.08. The highest BCUT2D eigenvalue weighted by Crippen LogP contribution is 2.24. The average molecular weight is 542 g/mol. The number of carbonyl (C=O) groups is 3. The van der Waals surface area contributed by atoms with Gasteiger partial charge in [-0.15, -0.1) is 0 Å². The van der Waals surface area contributed by atoms with Crippen LogP contribution in [0.25, 0.3) is 0 Å². The fraction of sp³-hybridized carbons (Fsp3) is 0.565. The molecule has 1 aliphatic heterocycles. The summed E-state index contributed by atoms with van der Waals surface area (Å²) in [7, 11) is 0. The lowest BCUT2D eigenvalue weighted by Gasteiger charge is -2.36. The Kier molecular flexibility index (Phi) is 10.6. The van der Waals surface area contributed by atoms with Gasteiger partial charge in [0.15, 0.2) is 5.11 Å². The summed E-state index contributed by atoms with van der Waals surface area (Å²) in [6.45, 7) is 9.59. The molecule has 2 amide bonds. The number of esters is 1. The van der Waals surface area contributed by atoms with Gasteiger partial charge in [-0.25, -0.2) is 0 Å². The summed E-state index contributed by atoms with van der Waals surface area (Å²) in [6, 6.07) is 4.31. The summed E-state index contributed by atoms with van der Waals surface area (Å²) < 4.78 is 11.8. The molecule has 1 heterocycles. The van der Waals surface area contributed by atoms with Crippen LogP contribution in [0.3, 0.4) is 0 Å². The quantitative estimate of drug-likeness (QED) is 0.365. The monoisotopic (exact) mass is 541 g/mol. The van der Waals surface area contributed by atoms with Crippen molar-refractivity contribution in [3.8, 4) is 5.75 Å². The van der Waals surface area contributed by atoms with Crippen LogP contribution in [0.15, 0.2) is 22.7 Å². The minimum atomic E-state index is -0.850. The van der Waals surface area contributed by atoms with Crippen LogP contribution in [0, 0.1) is 11.8 Å². The van der Waals surface area contributed by atoms with Crippen molar-refractivity contribution in [2.24, 2.45) is 11.8 Å². The number of carbonyl (C=O) groups excluding carboxylic acids is 3. The Labute approximate surface area is 208 Å². The maximum absolute atomic E-state index is 13.0. The van der Waals surface area contributed by atoms with Gasteiger partial charge in [-0.05, 0) is 48.7 Å². The lowest BCUT2D eigenvalue weighted by Crippen LogP contribution is -2.60. The minimum Gasteiger partial charge on any atom is -0.492 e. The molecule has 0 saturated carbocycles. The number of rotatable bonds is 9. The van der Waals surface area contributed by atoms with Crippen molar-refractivity contribution in [3.63, 3.8) is 0 Å². The topological polar surface area (TPSA) is 97.0 Å². The zero-order valence-electron chi connectivity index (χ0n) is 19.5. The van der Waals surface area contributed by atoms with Gasteiger partial charge in [-0.3, -0.25) is 19.7 Å². The molecule has 1 fully saturated rings. The van der Waals surface area contributed by atoms with Gasteiger partial charge in [-0.1, -0.05) is 43.6 Å². The summed E-state index contributed by atoms with van der Waals surface area (Å²) >= 11 is 8.82. The molecule has 0 aromatic heterocycles. The van der Waals surface area contributed by atoms with Crippen LogP contribution in [0.5, 0.6) is 5.75 Å². The van der Waals surface area contributed by atoms with E-state index in [0.29, 0.717) is 49.5 Å². The van der Waals surface area contributed by atoms with E-state index in [-0.39, 0.29) is 17.4 Å². The van der Waals surface area contributed by atoms with E-state index in [0.717, 1.165) is 10.9 Å². The largest absolute Gasteiger partial charge is 0.492 e. The maximum atomic E-state index is 13.0. The average Bonchev–Trinajstić information content (AvgIpc) is 2.73. The Bertz CT molecular complexity index is 878. The molecule has 1 aromatic rings. The molecular weight excluding hydrogens is 510 g/mol. The predicted octanol–water partition coefficient (Wildman–Crippen LogP) is 3.28. The SMILES string of the molecule is CC(C)CCOC(=O)CC1C(=O)NCCN1C(=S)NC(=O)c1cc(Br)ccc1OCC(C)C. The van der Waals surface area contributed by atoms with Gasteiger partial charge in [-0.2, -0.15) is 0 Å². The fourth-order valence-corrected chi connectivity index (χ4v) is 3.76. The Hall–Kier alpha value is -2.20. The van der Waals surface area contributed by atoms with Crippen LogP contribution in [0.1, 0.15) is 50.9 Å². The molecule has 1 atom stereocenters. The van der Waals surface area contributed by atoms with E-state index in [2.05, 4.69) is 26.6 Å². The van der Waals surface area contributed by atoms with Gasteiger partial charge in [0.1, 0.15) is 11.8 Å². The molecule has 2 N–H and O–H groups in total. The second kappa shape index (κ2) is 12.9. The molecule has 10 heteroatoms. The van der Waals surface area contributed by atoms with E-state index >= 15 is 0 Å². The van der Waals surface area contributed by atoms with E-state index in [9.17, 15) is 14.4 Å². The summed E-state index contributed by atoms with van der Waals surface area (Å²) in [5.41, 5.74) is 0.318. The normalized spacial score (nSPS) is 15.9. The molecule has 0 radical (unpaired) electrons. The number of thiocarbonyl (C=S) groups is 1. The van der Waals surface area contributed by atoms with Crippen molar-refractivity contribution in [1.82, 2.24) is 15.5 Å². The second-order valence-corrected chi connectivity index (χ2v) is 10.0. The second-order valence-electron chi connectivity index (χ2n) is 8.71. The Morgan fingerprint density at radius 2 is 2.00 bits per heavy atom. The summed E-state index contributed by atoms with van der Waals surface area (Å²) in [5, 5.41) is 5.50. The third-order valence-electron chi connectivity index (χ3n) is 4.89. The molecule has 8 nitrogen and oxygen atoms in total. The minimum absolute atomic E-state index is 0.0737. The number of nitrogens with one attached hydrogen (secondary N) is 2. The van der Waals surface area contributed by atoms with E-state index in [1.165, 1.54) is 0 Å². The van der Waals surface area contributed by atoms with Crippen LogP contribution in [0.4, 0.5) is 0 Å². The number of piperazine rings is 1. The number of benzene rings is 1. The van der Waals surface area contributed by atoms with E-state index in [1.54, 1.807) is 23.1 Å². The van der Waals surface area contributed by atoms with Crippen LogP contribution in [-0.2, 0) is 14.3 Å². The Morgan fingerprint density at radius 1 is 1.27 bits per heavy atom. The molecule has 1 saturated heterocycles. The van der Waals surface area contributed by atoms with E-state index in [1.807, 2.05) is 27.7 Å². The van der Waals surface area contributed by atoms with Crippen LogP contribution >= 0.6 is 28.1 Å². The van der Waals surface area contributed by atoms with Crippen molar-refractivity contribution in [1.29, 1.82) is 0 Å². The first-order valence-corrected chi connectivity index (χ1v) is 12.3. The highest BCUT2D eigenvalue weighted by molar-refractivity contribution is 9.10. The standard InChI is InChI=1S/C23H32BrN3O5S/c1-14(2)7-10-31-20(28)12-18-22(30)25-8-9-27(18)23(33)26-21(29)17-11-16(24)5-6-19(17)32-13-15(3)4/h5-6,11,14-15,18H,7-10,12-13H2,1-4H3,(H,25,30)(H,26,29,33). The van der Waals surface area contributed by atoms with E-state index in [4.69, 9.17) is 21.7 Å². The third-order valence-corrected chi connectivity index (χ3v) is 5.72. The van der Waals surface area contributed by atoms with Crippen molar-refractivity contribution < 1.29 is 23.9 Å². The first-order chi connectivity index (χ1) is 15.6. The smallest absolute Gasteiger partial charge is 0.308 e. The van der Waals surface area contributed by atoms with Gasteiger partial charge in [0.2, 0.25) is 5.91 Å². The summed E-state index contributed by atoms with van der Waals surface area (Å²) in [5.74, 6) is -0.130. The highest BCUT2D eigenvalue weighted by atomic mass is 79.9. The molecule has 0 aliphatic carbocycles. The molecule has 33 heavy (non-hydrogen) atoms. The van der Waals surface area contributed by atoms with Gasteiger partial charge < -0.3 is 19.7 Å². The van der Waals surface area contributed by atoms with Gasteiger partial charge in [0, 0.05) is 17.6 Å². The molecule has 1 aliphatic rings. The maximum Gasteiger partial charge on any atom is 0.308 e. The van der Waals surface area contributed by atoms with E-state index < -0.39 is 17.9 Å². The van der Waals surface area contributed by atoms with Crippen molar-refractivity contribution >= 4 is 51.0 Å². The van der Waals surface area contributed by atoms with Crippen molar-refractivity contribution in [2.75, 3.05) is 26.3 Å². The number of halogens is 1. The highest BCUT2D eigenvalue weighted by Gasteiger charge is 2.34. The zero-order chi connectivity index (χ0) is 24.5. The van der Waals surface area contributed by atoms with Crippen LogP contribution < -0.4 is 15.4 Å². The van der Waals surface area contributed by atoms with Crippen molar-refractivity contribution in [3.05, 3.63) is 28.2 Å². The molecule has 0 bridgehead atoms. The predicted molar refractivity (Wildman–Crippen MR) is 133 cm³/mol. The number of amides is 2. The van der Waals surface area contributed by atoms with Crippen LogP contribution in [-0.4, -0.2) is 60.1 Å². The first-order valence-electron chi connectivity index (χ1n) is 11.1. The molecule has 0 spiro atoms. The Morgan fingerprint density at radius 3 is 2.67 bits per heavy atom. The number of nitrogens with zero attached hydrogens (tertiary/aromatic N) is 1. The summed E-state index contributed by atoms with van der Waals surface area (Å²) in [4.78, 5) is 39.3. The van der Waals surface area contributed by atoms with Gasteiger partial charge >= 0.3 is 5.97 Å². The molecular formula is C23H32BrN3O5S. The summed E-state index contributed by atoms with van der Waals surface area (Å²) in [6.07, 6.45) is 0.591. The van der Waals surface area contributed by atoms with Crippen LogP contribution in [0.2, 0.25) is 0 Å². The molecule has 182 valence electrons. The third kappa shape index (κ3) is 8.58. The zero-order valence-corrected chi connectivity index (χ0v) is 21.9. The molecule has 1 aromatic carbocycles. The number of ether oxygens (including phenoxy) is 2.